The van der Waals surface area contributed by atoms with Crippen molar-refractivity contribution in [2.75, 3.05) is 5.32 Å². The lowest BCUT2D eigenvalue weighted by molar-refractivity contribution is -0.141. The number of aromatic nitrogens is 1. The molecule has 3 aromatic rings. The van der Waals surface area contributed by atoms with Gasteiger partial charge < -0.3 is 10.1 Å². The summed E-state index contributed by atoms with van der Waals surface area (Å²) in [7, 11) is 0. The van der Waals surface area contributed by atoms with E-state index in [9.17, 15) is 18.0 Å². The van der Waals surface area contributed by atoms with E-state index >= 15 is 0 Å². The van der Waals surface area contributed by atoms with Crippen molar-refractivity contribution in [2.45, 2.75) is 13.1 Å². The van der Waals surface area contributed by atoms with Gasteiger partial charge in [-0.3, -0.25) is 4.79 Å². The van der Waals surface area contributed by atoms with E-state index in [4.69, 9.17) is 27.9 Å². The van der Waals surface area contributed by atoms with Gasteiger partial charge in [-0.05, 0) is 31.2 Å². The Bertz CT molecular complexity index is 1040. The fraction of sp³-hybridized carbons (Fsp3) is 0.111. The number of carbonyl (C=O) groups is 1. The average molecular weight is 447 g/mol. The Morgan fingerprint density at radius 1 is 1.14 bits per heavy atom. The van der Waals surface area contributed by atoms with E-state index in [2.05, 4.69) is 10.3 Å². The molecule has 0 aliphatic heterocycles. The first kappa shape index (κ1) is 20.4. The summed E-state index contributed by atoms with van der Waals surface area (Å²) in [4.78, 5) is 15.4. The first-order valence-corrected chi connectivity index (χ1v) is 9.30. The molecule has 0 aliphatic carbocycles. The molecule has 0 fully saturated rings. The van der Waals surface area contributed by atoms with Crippen LogP contribution in [0.25, 0.3) is 0 Å². The Labute approximate surface area is 171 Å². The van der Waals surface area contributed by atoms with E-state index in [-0.39, 0.29) is 21.5 Å². The molecule has 0 saturated heterocycles. The first-order chi connectivity index (χ1) is 13.1. The van der Waals surface area contributed by atoms with Crippen molar-refractivity contribution in [1.29, 1.82) is 0 Å². The molecule has 0 unspecified atom stereocenters. The van der Waals surface area contributed by atoms with Gasteiger partial charge in [0.25, 0.3) is 5.91 Å². The Kier molecular flexibility index (Phi) is 5.83. The second-order valence-electron chi connectivity index (χ2n) is 5.54. The second kappa shape index (κ2) is 7.98. The van der Waals surface area contributed by atoms with Crippen molar-refractivity contribution in [3.05, 3.63) is 68.1 Å². The van der Waals surface area contributed by atoms with Crippen molar-refractivity contribution in [1.82, 2.24) is 4.98 Å². The summed E-state index contributed by atoms with van der Waals surface area (Å²) in [6, 6.07) is 10.9. The number of ether oxygens (including phenoxy) is 1. The number of hydrogen-bond donors (Lipinski definition) is 1. The Morgan fingerprint density at radius 3 is 2.54 bits per heavy atom. The zero-order valence-corrected chi connectivity index (χ0v) is 16.4. The number of benzene rings is 2. The molecule has 0 bridgehead atoms. The predicted molar refractivity (Wildman–Crippen MR) is 103 cm³/mol. The Balaban J connectivity index is 1.88. The molecule has 28 heavy (non-hydrogen) atoms. The van der Waals surface area contributed by atoms with Crippen LogP contribution in [-0.2, 0) is 6.18 Å². The molecule has 0 spiro atoms. The monoisotopic (exact) mass is 446 g/mol. The minimum absolute atomic E-state index is 0.137. The van der Waals surface area contributed by atoms with E-state index in [0.29, 0.717) is 22.1 Å². The Hall–Kier alpha value is -2.29. The zero-order chi connectivity index (χ0) is 20.5. The number of thiazole rings is 1. The molecule has 1 N–H and O–H groups in total. The van der Waals surface area contributed by atoms with Gasteiger partial charge >= 0.3 is 6.18 Å². The molecule has 0 atom stereocenters. The molecular weight excluding hydrogens is 436 g/mol. The number of halogens is 5. The summed E-state index contributed by atoms with van der Waals surface area (Å²) in [5, 5.41) is 3.20. The van der Waals surface area contributed by atoms with Gasteiger partial charge in [-0.15, -0.1) is 11.3 Å². The van der Waals surface area contributed by atoms with Gasteiger partial charge in [0, 0.05) is 6.07 Å². The van der Waals surface area contributed by atoms with Gasteiger partial charge in [-0.25, -0.2) is 4.98 Å². The van der Waals surface area contributed by atoms with E-state index in [0.717, 1.165) is 0 Å². The highest BCUT2D eigenvalue weighted by molar-refractivity contribution is 7.13. The number of nitrogens with zero attached hydrogens (tertiary/aromatic N) is 1. The standard InChI is InChI=1S/C18H11Cl2F3N2O2S/c1-9-24-16(18(21,22)23)15(28-9)17(26)25-13-4-2-3-5-14(13)27-10-6-7-11(19)12(20)8-10/h2-8H,1H3,(H,25,26). The van der Waals surface area contributed by atoms with Crippen LogP contribution in [0, 0.1) is 6.92 Å². The first-order valence-electron chi connectivity index (χ1n) is 7.73. The number of rotatable bonds is 4. The van der Waals surface area contributed by atoms with Crippen LogP contribution < -0.4 is 10.1 Å². The molecule has 1 heterocycles. The molecule has 1 amide bonds. The summed E-state index contributed by atoms with van der Waals surface area (Å²) >= 11 is 12.5. The van der Waals surface area contributed by atoms with Crippen LogP contribution >= 0.6 is 34.5 Å². The molecule has 0 saturated carbocycles. The average Bonchev–Trinajstić information content (AvgIpc) is 3.02. The van der Waals surface area contributed by atoms with Gasteiger partial charge in [0.15, 0.2) is 11.4 Å². The molecule has 1 aromatic heterocycles. The minimum atomic E-state index is -4.73. The number of hydrogen-bond acceptors (Lipinski definition) is 4. The zero-order valence-electron chi connectivity index (χ0n) is 14.1. The lowest BCUT2D eigenvalue weighted by Crippen LogP contribution is -2.17. The number of anilines is 1. The minimum Gasteiger partial charge on any atom is -0.455 e. The maximum absolute atomic E-state index is 13.1. The van der Waals surface area contributed by atoms with Gasteiger partial charge in [0.1, 0.15) is 10.6 Å². The fourth-order valence-corrected chi connectivity index (χ4v) is 3.40. The number of carbonyl (C=O) groups excluding carboxylic acids is 1. The molecule has 0 aliphatic rings. The third-order valence-electron chi connectivity index (χ3n) is 3.46. The molecular formula is C18H11Cl2F3N2O2S. The van der Waals surface area contributed by atoms with Crippen LogP contribution in [-0.4, -0.2) is 10.9 Å². The maximum Gasteiger partial charge on any atom is 0.435 e. The highest BCUT2D eigenvalue weighted by Gasteiger charge is 2.39. The summed E-state index contributed by atoms with van der Waals surface area (Å²) in [5.41, 5.74) is -1.02. The largest absolute Gasteiger partial charge is 0.455 e. The smallest absolute Gasteiger partial charge is 0.435 e. The maximum atomic E-state index is 13.1. The van der Waals surface area contributed by atoms with E-state index < -0.39 is 22.7 Å². The predicted octanol–water partition coefficient (Wildman–Crippen LogP) is 6.82. The van der Waals surface area contributed by atoms with E-state index in [1.807, 2.05) is 0 Å². The summed E-state index contributed by atoms with van der Waals surface area (Å²) in [6.07, 6.45) is -4.73. The van der Waals surface area contributed by atoms with Crippen molar-refractivity contribution in [2.24, 2.45) is 0 Å². The molecule has 3 rings (SSSR count). The highest BCUT2D eigenvalue weighted by atomic mass is 35.5. The summed E-state index contributed by atoms with van der Waals surface area (Å²) < 4.78 is 45.0. The van der Waals surface area contributed by atoms with Crippen LogP contribution in [0.4, 0.5) is 18.9 Å². The van der Waals surface area contributed by atoms with Crippen LogP contribution in [0.1, 0.15) is 20.4 Å². The summed E-state index contributed by atoms with van der Waals surface area (Å²) in [5.74, 6) is -0.354. The van der Waals surface area contributed by atoms with Crippen molar-refractivity contribution in [3.8, 4) is 11.5 Å². The highest BCUT2D eigenvalue weighted by Crippen LogP contribution is 2.36. The molecule has 146 valence electrons. The lowest BCUT2D eigenvalue weighted by Gasteiger charge is -2.13. The van der Waals surface area contributed by atoms with Crippen LogP contribution in [0.5, 0.6) is 11.5 Å². The molecule has 2 aromatic carbocycles. The summed E-state index contributed by atoms with van der Waals surface area (Å²) in [6.45, 7) is 1.40. The fourth-order valence-electron chi connectivity index (χ4n) is 2.28. The van der Waals surface area contributed by atoms with Crippen molar-refractivity contribution in [3.63, 3.8) is 0 Å². The van der Waals surface area contributed by atoms with Crippen molar-refractivity contribution < 1.29 is 22.7 Å². The van der Waals surface area contributed by atoms with Crippen LogP contribution in [0.2, 0.25) is 10.0 Å². The second-order valence-corrected chi connectivity index (χ2v) is 7.55. The van der Waals surface area contributed by atoms with Crippen LogP contribution in [0.3, 0.4) is 0 Å². The quantitative estimate of drug-likeness (QED) is 0.478. The Morgan fingerprint density at radius 2 is 1.86 bits per heavy atom. The van der Waals surface area contributed by atoms with Crippen molar-refractivity contribution >= 4 is 46.1 Å². The SMILES string of the molecule is Cc1nc(C(F)(F)F)c(C(=O)Nc2ccccc2Oc2ccc(Cl)c(Cl)c2)s1. The lowest BCUT2D eigenvalue weighted by atomic mass is 10.2. The van der Waals surface area contributed by atoms with Gasteiger partial charge in [-0.1, -0.05) is 35.3 Å². The van der Waals surface area contributed by atoms with Gasteiger partial charge in [0.05, 0.1) is 20.7 Å². The normalized spacial score (nSPS) is 11.4. The third kappa shape index (κ3) is 4.57. The van der Waals surface area contributed by atoms with E-state index in [1.54, 1.807) is 24.3 Å². The molecule has 0 radical (unpaired) electrons. The molecule has 10 heteroatoms. The number of nitrogens with one attached hydrogen (secondary N) is 1. The number of amides is 1. The topological polar surface area (TPSA) is 51.2 Å². The van der Waals surface area contributed by atoms with Gasteiger partial charge in [0.2, 0.25) is 0 Å². The van der Waals surface area contributed by atoms with Gasteiger partial charge in [-0.2, -0.15) is 13.2 Å². The van der Waals surface area contributed by atoms with E-state index in [1.165, 1.54) is 25.1 Å². The number of alkyl halides is 3. The number of aryl methyl sites for hydroxylation is 1. The molecule has 4 nitrogen and oxygen atoms in total. The number of para-hydroxylation sites is 2. The third-order valence-corrected chi connectivity index (χ3v) is 5.17. The van der Waals surface area contributed by atoms with Crippen LogP contribution in [0.15, 0.2) is 42.5 Å².